The van der Waals surface area contributed by atoms with Crippen molar-refractivity contribution in [3.05, 3.63) is 74.4 Å². The van der Waals surface area contributed by atoms with Crippen molar-refractivity contribution in [3.63, 3.8) is 0 Å². The average Bonchev–Trinajstić information content (AvgIpc) is 2.88. The maximum atomic E-state index is 13.1. The van der Waals surface area contributed by atoms with Crippen LogP contribution in [0.4, 0.5) is 0 Å². The van der Waals surface area contributed by atoms with Crippen LogP contribution in [0, 0.1) is 13.8 Å². The first-order valence-corrected chi connectivity index (χ1v) is 9.39. The summed E-state index contributed by atoms with van der Waals surface area (Å²) in [6.45, 7) is 3.92. The lowest BCUT2D eigenvalue weighted by atomic mass is 10.1. The summed E-state index contributed by atoms with van der Waals surface area (Å²) in [6, 6.07) is 11.4. The molecule has 4 aromatic rings. The lowest BCUT2D eigenvalue weighted by Gasteiger charge is -2.07. The van der Waals surface area contributed by atoms with Crippen LogP contribution >= 0.6 is 15.9 Å². The van der Waals surface area contributed by atoms with Crippen molar-refractivity contribution in [1.82, 2.24) is 14.1 Å². The molecule has 27 heavy (non-hydrogen) atoms. The maximum Gasteiger partial charge on any atom is 0.261 e. The molecule has 0 aliphatic rings. The largest absolute Gasteiger partial charge is 0.347 e. The number of Topliss-reactive ketones (excluding diaryl/α,β-unsaturated/α-hetero) is 1. The Morgan fingerprint density at radius 3 is 2.67 bits per heavy atom. The second-order valence-corrected chi connectivity index (χ2v) is 7.72. The molecule has 0 N–H and O–H groups in total. The molecule has 0 bridgehead atoms. The second-order valence-electron chi connectivity index (χ2n) is 6.80. The third kappa shape index (κ3) is 2.90. The zero-order valence-corrected chi connectivity index (χ0v) is 16.9. The number of aromatic nitrogens is 3. The van der Waals surface area contributed by atoms with E-state index in [9.17, 15) is 9.59 Å². The van der Waals surface area contributed by atoms with Crippen molar-refractivity contribution in [1.29, 1.82) is 0 Å². The van der Waals surface area contributed by atoms with Crippen molar-refractivity contribution >= 4 is 43.5 Å². The van der Waals surface area contributed by atoms with Crippen LogP contribution in [0.3, 0.4) is 0 Å². The third-order valence-corrected chi connectivity index (χ3v) is 5.52. The fraction of sp³-hybridized carbons (Fsp3) is 0.190. The van der Waals surface area contributed by atoms with Gasteiger partial charge in [-0.3, -0.25) is 14.2 Å². The molecular formula is C21H18BrN3O2. The van der Waals surface area contributed by atoms with Gasteiger partial charge in [-0.1, -0.05) is 28.1 Å². The Bertz CT molecular complexity index is 1280. The average molecular weight is 424 g/mol. The van der Waals surface area contributed by atoms with Crippen LogP contribution in [0.15, 0.2) is 52.0 Å². The molecule has 2 aromatic carbocycles. The molecule has 0 spiro atoms. The normalized spacial score (nSPS) is 11.4. The lowest BCUT2D eigenvalue weighted by Crippen LogP contribution is -2.25. The van der Waals surface area contributed by atoms with E-state index in [1.165, 1.54) is 10.9 Å². The zero-order valence-electron chi connectivity index (χ0n) is 15.3. The van der Waals surface area contributed by atoms with E-state index in [1.54, 1.807) is 12.1 Å². The SMILES string of the molecule is Cc1ccc2c(C(=O)Cn3cnc4ccc(Br)cc4c3=O)c(C)n(C)c2c1. The molecule has 0 amide bonds. The number of ketones is 1. The molecule has 2 aromatic heterocycles. The molecule has 136 valence electrons. The summed E-state index contributed by atoms with van der Waals surface area (Å²) in [6.07, 6.45) is 1.45. The molecule has 0 unspecified atom stereocenters. The van der Waals surface area contributed by atoms with Crippen molar-refractivity contribution in [2.24, 2.45) is 7.05 Å². The van der Waals surface area contributed by atoms with Crippen LogP contribution in [0.25, 0.3) is 21.8 Å². The van der Waals surface area contributed by atoms with Crippen LogP contribution in [-0.4, -0.2) is 19.9 Å². The molecule has 4 rings (SSSR count). The molecule has 0 aliphatic carbocycles. The van der Waals surface area contributed by atoms with Gasteiger partial charge in [0.2, 0.25) is 0 Å². The minimum Gasteiger partial charge on any atom is -0.347 e. The van der Waals surface area contributed by atoms with Gasteiger partial charge in [0.1, 0.15) is 0 Å². The van der Waals surface area contributed by atoms with Crippen LogP contribution in [0.5, 0.6) is 0 Å². The molecule has 2 heterocycles. The molecule has 0 atom stereocenters. The highest BCUT2D eigenvalue weighted by atomic mass is 79.9. The van der Waals surface area contributed by atoms with Gasteiger partial charge in [-0.15, -0.1) is 0 Å². The fourth-order valence-electron chi connectivity index (χ4n) is 3.50. The highest BCUT2D eigenvalue weighted by Crippen LogP contribution is 2.26. The number of fused-ring (bicyclic) bond motifs is 2. The van der Waals surface area contributed by atoms with E-state index in [0.29, 0.717) is 16.5 Å². The Morgan fingerprint density at radius 2 is 1.89 bits per heavy atom. The van der Waals surface area contributed by atoms with Gasteiger partial charge in [-0.2, -0.15) is 0 Å². The Morgan fingerprint density at radius 1 is 1.11 bits per heavy atom. The molecule has 6 heteroatoms. The van der Waals surface area contributed by atoms with E-state index in [2.05, 4.69) is 27.0 Å². The van der Waals surface area contributed by atoms with Gasteiger partial charge in [0, 0.05) is 33.7 Å². The highest BCUT2D eigenvalue weighted by Gasteiger charge is 2.19. The van der Waals surface area contributed by atoms with Gasteiger partial charge in [-0.25, -0.2) is 4.98 Å². The summed E-state index contributed by atoms with van der Waals surface area (Å²) < 4.78 is 4.20. The minimum atomic E-state index is -0.219. The molecular weight excluding hydrogens is 406 g/mol. The molecule has 0 saturated carbocycles. The fourth-order valence-corrected chi connectivity index (χ4v) is 3.86. The van der Waals surface area contributed by atoms with E-state index in [4.69, 9.17) is 0 Å². The number of carbonyl (C=O) groups is 1. The predicted molar refractivity (Wildman–Crippen MR) is 110 cm³/mol. The number of aryl methyl sites for hydroxylation is 2. The summed E-state index contributed by atoms with van der Waals surface area (Å²) >= 11 is 3.38. The predicted octanol–water partition coefficient (Wildman–Crippen LogP) is 4.15. The first-order valence-electron chi connectivity index (χ1n) is 8.60. The summed E-state index contributed by atoms with van der Waals surface area (Å²) in [5.74, 6) is -0.0970. The van der Waals surface area contributed by atoms with Gasteiger partial charge in [0.25, 0.3) is 5.56 Å². The number of halogens is 1. The quantitative estimate of drug-likeness (QED) is 0.465. The number of nitrogens with zero attached hydrogens (tertiary/aromatic N) is 3. The minimum absolute atomic E-state index is 0.0396. The molecule has 0 aliphatic heterocycles. The van der Waals surface area contributed by atoms with E-state index >= 15 is 0 Å². The Hall–Kier alpha value is -2.73. The summed E-state index contributed by atoms with van der Waals surface area (Å²) in [5, 5.41) is 1.40. The number of carbonyl (C=O) groups excluding carboxylic acids is 1. The first kappa shape index (κ1) is 17.7. The van der Waals surface area contributed by atoms with E-state index in [0.717, 1.165) is 26.6 Å². The van der Waals surface area contributed by atoms with Crippen molar-refractivity contribution in [3.8, 4) is 0 Å². The maximum absolute atomic E-state index is 13.1. The molecule has 0 radical (unpaired) electrons. The number of benzene rings is 2. The van der Waals surface area contributed by atoms with E-state index in [1.807, 2.05) is 43.7 Å². The van der Waals surface area contributed by atoms with Gasteiger partial charge in [0.15, 0.2) is 5.78 Å². The summed E-state index contributed by atoms with van der Waals surface area (Å²) in [4.78, 5) is 30.2. The Kier molecular flexibility index (Phi) is 4.23. The zero-order chi connectivity index (χ0) is 19.3. The van der Waals surface area contributed by atoms with Gasteiger partial charge >= 0.3 is 0 Å². The van der Waals surface area contributed by atoms with Crippen LogP contribution in [0.1, 0.15) is 21.6 Å². The first-order chi connectivity index (χ1) is 12.9. The summed E-state index contributed by atoms with van der Waals surface area (Å²) in [5.41, 5.74) is 4.11. The number of hydrogen-bond donors (Lipinski definition) is 0. The smallest absolute Gasteiger partial charge is 0.261 e. The number of rotatable bonds is 3. The highest BCUT2D eigenvalue weighted by molar-refractivity contribution is 9.10. The van der Waals surface area contributed by atoms with Crippen LogP contribution in [-0.2, 0) is 13.6 Å². The lowest BCUT2D eigenvalue weighted by molar-refractivity contribution is 0.0971. The van der Waals surface area contributed by atoms with Gasteiger partial charge < -0.3 is 4.57 Å². The monoisotopic (exact) mass is 423 g/mol. The molecule has 0 saturated heterocycles. The Balaban J connectivity index is 1.81. The van der Waals surface area contributed by atoms with Crippen LogP contribution in [0.2, 0.25) is 0 Å². The number of hydrogen-bond acceptors (Lipinski definition) is 3. The van der Waals surface area contributed by atoms with E-state index < -0.39 is 0 Å². The summed E-state index contributed by atoms with van der Waals surface area (Å²) in [7, 11) is 1.95. The molecule has 5 nitrogen and oxygen atoms in total. The van der Waals surface area contributed by atoms with Crippen LogP contribution < -0.4 is 5.56 Å². The molecule has 0 fully saturated rings. The van der Waals surface area contributed by atoms with Gasteiger partial charge in [-0.05, 0) is 43.7 Å². The van der Waals surface area contributed by atoms with Gasteiger partial charge in [0.05, 0.1) is 23.8 Å². The second kappa shape index (κ2) is 6.46. The standard InChI is InChI=1S/C21H18BrN3O2/c1-12-4-6-15-18(8-12)24(3)13(2)20(15)19(26)10-25-11-23-17-7-5-14(22)9-16(17)21(25)27/h4-9,11H,10H2,1-3H3. The Labute approximate surface area is 164 Å². The topological polar surface area (TPSA) is 56.9 Å². The third-order valence-electron chi connectivity index (χ3n) is 5.03. The van der Waals surface area contributed by atoms with Crippen molar-refractivity contribution < 1.29 is 4.79 Å². The van der Waals surface area contributed by atoms with Crippen molar-refractivity contribution in [2.75, 3.05) is 0 Å². The van der Waals surface area contributed by atoms with Crippen molar-refractivity contribution in [2.45, 2.75) is 20.4 Å². The van der Waals surface area contributed by atoms with E-state index in [-0.39, 0.29) is 17.9 Å².